The maximum Gasteiger partial charge on any atom is 0.261 e. The number of aromatic amines is 1. The number of benzene rings is 2. The summed E-state index contributed by atoms with van der Waals surface area (Å²) in [4.78, 5) is 41.9. The first-order chi connectivity index (χ1) is 18.1. The molecule has 1 fully saturated rings. The number of nitrogens with one attached hydrogen (secondary N) is 4. The van der Waals surface area contributed by atoms with E-state index >= 15 is 0 Å². The highest BCUT2D eigenvalue weighted by Gasteiger charge is 2.29. The van der Waals surface area contributed by atoms with Crippen LogP contribution in [0, 0.1) is 11.2 Å². The highest BCUT2D eigenvalue weighted by atomic mass is 32.2. The maximum absolute atomic E-state index is 14.9. The van der Waals surface area contributed by atoms with E-state index in [1.807, 2.05) is 0 Å². The zero-order chi connectivity index (χ0) is 27.2. The first-order valence-electron chi connectivity index (χ1n) is 11.9. The van der Waals surface area contributed by atoms with Crippen LogP contribution < -0.4 is 21.9 Å². The number of sulfone groups is 1. The molecule has 2 amide bonds. The van der Waals surface area contributed by atoms with Gasteiger partial charge in [0.25, 0.3) is 17.4 Å². The van der Waals surface area contributed by atoms with E-state index in [2.05, 4.69) is 15.6 Å². The standard InChI is InChI=1S/C26H24FN5O5S/c27-22-18(11-28)19(29)6-7-20(22)31-26(35)21-16(13-2-1-3-13)5-4-14-10-17(25(34)32-23(14)21)24(33)30-15-8-9-38(36,37)12-15/h4-11,13,15,28H,1-3,12,29H2,(H,30,33)(H,31,35)(H,32,34)/t15-/m1/s1. The summed E-state index contributed by atoms with van der Waals surface area (Å²) in [6.07, 6.45) is 4.79. The molecule has 2 aliphatic rings. The summed E-state index contributed by atoms with van der Waals surface area (Å²) >= 11 is 0. The van der Waals surface area contributed by atoms with Crippen LogP contribution in [0.15, 0.2) is 46.6 Å². The predicted molar refractivity (Wildman–Crippen MR) is 142 cm³/mol. The SMILES string of the molecule is N=Cc1c(N)ccc(NC(=O)c2c(C3CCC3)ccc3cc(C(=O)N[C@@H]4C=CS(=O)(=O)C4)c(=O)[nH]c23)c1F. The molecule has 196 valence electrons. The summed E-state index contributed by atoms with van der Waals surface area (Å²) < 4.78 is 38.2. The average Bonchev–Trinajstić information content (AvgIpc) is 3.17. The largest absolute Gasteiger partial charge is 0.398 e. The maximum atomic E-state index is 14.9. The molecule has 1 aromatic heterocycles. The van der Waals surface area contributed by atoms with Crippen molar-refractivity contribution in [2.24, 2.45) is 0 Å². The van der Waals surface area contributed by atoms with E-state index in [-0.39, 0.29) is 45.3 Å². The van der Waals surface area contributed by atoms with Crippen molar-refractivity contribution in [1.82, 2.24) is 10.3 Å². The molecule has 0 saturated heterocycles. The topological polar surface area (TPSA) is 175 Å². The summed E-state index contributed by atoms with van der Waals surface area (Å²) in [5.41, 5.74) is 5.49. The van der Waals surface area contributed by atoms with Crippen molar-refractivity contribution in [1.29, 1.82) is 5.41 Å². The smallest absolute Gasteiger partial charge is 0.261 e. The normalized spacial score (nSPS) is 18.2. The van der Waals surface area contributed by atoms with Crippen molar-refractivity contribution >= 4 is 50.1 Å². The molecule has 10 nitrogen and oxygen atoms in total. The molecule has 1 saturated carbocycles. The van der Waals surface area contributed by atoms with Gasteiger partial charge in [0.2, 0.25) is 0 Å². The molecule has 1 aliphatic heterocycles. The second-order valence-corrected chi connectivity index (χ2v) is 11.3. The van der Waals surface area contributed by atoms with Gasteiger partial charge in [-0.25, -0.2) is 12.8 Å². The Labute approximate surface area is 216 Å². The molecule has 1 aliphatic carbocycles. The molecular formula is C26H24FN5O5S. The molecule has 6 N–H and O–H groups in total. The van der Waals surface area contributed by atoms with Crippen molar-refractivity contribution in [3.63, 3.8) is 0 Å². The summed E-state index contributed by atoms with van der Waals surface area (Å²) in [6.45, 7) is 0. The third-order valence-electron chi connectivity index (χ3n) is 6.92. The minimum absolute atomic E-state index is 0.0525. The number of hydrogen-bond acceptors (Lipinski definition) is 7. The Morgan fingerprint density at radius 1 is 1.16 bits per heavy atom. The number of amides is 2. The lowest BCUT2D eigenvalue weighted by Crippen LogP contribution is -2.38. The molecule has 2 aromatic carbocycles. The minimum Gasteiger partial charge on any atom is -0.398 e. The Kier molecular flexibility index (Phi) is 6.35. The zero-order valence-electron chi connectivity index (χ0n) is 20.0. The average molecular weight is 538 g/mol. The van der Waals surface area contributed by atoms with Crippen LogP contribution >= 0.6 is 0 Å². The van der Waals surface area contributed by atoms with E-state index in [1.54, 1.807) is 12.1 Å². The Morgan fingerprint density at radius 3 is 2.55 bits per heavy atom. The number of pyridine rings is 1. The van der Waals surface area contributed by atoms with Crippen molar-refractivity contribution in [3.05, 3.63) is 80.2 Å². The molecule has 38 heavy (non-hydrogen) atoms. The molecule has 5 rings (SSSR count). The van der Waals surface area contributed by atoms with Crippen LogP contribution in [0.4, 0.5) is 15.8 Å². The van der Waals surface area contributed by atoms with E-state index in [0.717, 1.165) is 30.9 Å². The Balaban J connectivity index is 1.54. The Morgan fingerprint density at radius 2 is 1.92 bits per heavy atom. The molecule has 1 atom stereocenters. The lowest BCUT2D eigenvalue weighted by Gasteiger charge is -2.28. The summed E-state index contributed by atoms with van der Waals surface area (Å²) in [7, 11) is -3.40. The number of fused-ring (bicyclic) bond motifs is 1. The predicted octanol–water partition coefficient (Wildman–Crippen LogP) is 2.81. The molecule has 2 heterocycles. The van der Waals surface area contributed by atoms with Crippen LogP contribution in [-0.2, 0) is 9.84 Å². The number of aromatic nitrogens is 1. The van der Waals surface area contributed by atoms with Crippen molar-refractivity contribution in [2.75, 3.05) is 16.8 Å². The third-order valence-corrected chi connectivity index (χ3v) is 8.32. The first-order valence-corrected chi connectivity index (χ1v) is 13.6. The van der Waals surface area contributed by atoms with Crippen LogP contribution in [0.1, 0.15) is 57.0 Å². The summed E-state index contributed by atoms with van der Waals surface area (Å²) in [5.74, 6) is -2.48. The highest BCUT2D eigenvalue weighted by molar-refractivity contribution is 7.94. The molecular weight excluding hydrogens is 513 g/mol. The van der Waals surface area contributed by atoms with Gasteiger partial charge in [-0.1, -0.05) is 18.6 Å². The number of carbonyl (C=O) groups is 2. The lowest BCUT2D eigenvalue weighted by molar-refractivity contribution is 0.0945. The van der Waals surface area contributed by atoms with Gasteiger partial charge in [-0.3, -0.25) is 14.4 Å². The van der Waals surface area contributed by atoms with Gasteiger partial charge >= 0.3 is 0 Å². The number of rotatable bonds is 6. The fourth-order valence-corrected chi connectivity index (χ4v) is 5.95. The number of halogens is 1. The van der Waals surface area contributed by atoms with Gasteiger partial charge in [0.05, 0.1) is 34.1 Å². The fourth-order valence-electron chi connectivity index (χ4n) is 4.71. The van der Waals surface area contributed by atoms with E-state index in [9.17, 15) is 27.2 Å². The minimum atomic E-state index is -3.40. The van der Waals surface area contributed by atoms with Crippen LogP contribution in [0.25, 0.3) is 10.9 Å². The monoisotopic (exact) mass is 537 g/mol. The molecule has 0 spiro atoms. The molecule has 3 aromatic rings. The highest BCUT2D eigenvalue weighted by Crippen LogP contribution is 2.40. The number of H-pyrrole nitrogens is 1. The molecule has 0 bridgehead atoms. The van der Waals surface area contributed by atoms with Crippen molar-refractivity contribution in [3.8, 4) is 0 Å². The van der Waals surface area contributed by atoms with E-state index in [1.165, 1.54) is 24.3 Å². The van der Waals surface area contributed by atoms with Crippen LogP contribution in [0.2, 0.25) is 0 Å². The van der Waals surface area contributed by atoms with Crippen molar-refractivity contribution in [2.45, 2.75) is 31.2 Å². The Hall–Kier alpha value is -4.32. The second kappa shape index (κ2) is 9.53. The van der Waals surface area contributed by atoms with Gasteiger partial charge in [-0.15, -0.1) is 0 Å². The molecule has 0 radical (unpaired) electrons. The summed E-state index contributed by atoms with van der Waals surface area (Å²) in [5, 5.41) is 13.9. The van der Waals surface area contributed by atoms with E-state index < -0.39 is 39.1 Å². The van der Waals surface area contributed by atoms with Crippen LogP contribution in [-0.4, -0.2) is 43.2 Å². The van der Waals surface area contributed by atoms with Gasteiger partial charge in [0.15, 0.2) is 15.7 Å². The summed E-state index contributed by atoms with van der Waals surface area (Å²) in [6, 6.07) is 6.72. The zero-order valence-corrected chi connectivity index (χ0v) is 20.8. The van der Waals surface area contributed by atoms with Crippen LogP contribution in [0.3, 0.4) is 0 Å². The quantitative estimate of drug-likeness (QED) is 0.239. The van der Waals surface area contributed by atoms with E-state index in [4.69, 9.17) is 11.1 Å². The molecule has 12 heteroatoms. The number of carbonyl (C=O) groups excluding carboxylic acids is 2. The van der Waals surface area contributed by atoms with Gasteiger partial charge in [-0.2, -0.15) is 0 Å². The van der Waals surface area contributed by atoms with Crippen molar-refractivity contribution < 1.29 is 22.4 Å². The van der Waals surface area contributed by atoms with Crippen LogP contribution in [0.5, 0.6) is 0 Å². The first kappa shape index (κ1) is 25.3. The molecule has 0 unspecified atom stereocenters. The second-order valence-electron chi connectivity index (χ2n) is 9.40. The van der Waals surface area contributed by atoms with Gasteiger partial charge in [-0.05, 0) is 54.0 Å². The Bertz CT molecular complexity index is 1710. The third kappa shape index (κ3) is 4.58. The lowest BCUT2D eigenvalue weighted by atomic mass is 9.77. The van der Waals surface area contributed by atoms with Gasteiger partial charge in [0.1, 0.15) is 5.56 Å². The number of anilines is 2. The number of nitrogens with two attached hydrogens (primary N) is 1. The van der Waals surface area contributed by atoms with E-state index in [0.29, 0.717) is 10.9 Å². The number of hydrogen-bond donors (Lipinski definition) is 5. The van der Waals surface area contributed by atoms with Gasteiger partial charge in [0, 0.05) is 17.3 Å². The fraction of sp³-hybridized carbons (Fsp3) is 0.231. The van der Waals surface area contributed by atoms with Gasteiger partial charge < -0.3 is 26.8 Å². The number of nitrogen functional groups attached to an aromatic ring is 1.